The van der Waals surface area contributed by atoms with Gasteiger partial charge in [-0.2, -0.15) is 0 Å². The van der Waals surface area contributed by atoms with Crippen molar-refractivity contribution in [3.05, 3.63) is 71.3 Å². The fourth-order valence-electron chi connectivity index (χ4n) is 3.05. The van der Waals surface area contributed by atoms with Gasteiger partial charge in [-0.15, -0.1) is 0 Å². The van der Waals surface area contributed by atoms with Crippen molar-refractivity contribution in [2.75, 3.05) is 20.3 Å². The zero-order valence-electron chi connectivity index (χ0n) is 16.1. The normalized spacial score (nSPS) is 15.1. The third-order valence-electron chi connectivity index (χ3n) is 4.64. The average molecular weight is 368 g/mol. The summed E-state index contributed by atoms with van der Waals surface area (Å²) < 4.78 is 22.4. The van der Waals surface area contributed by atoms with Crippen molar-refractivity contribution in [1.29, 1.82) is 0 Å². The van der Waals surface area contributed by atoms with Crippen LogP contribution in [0.2, 0.25) is 0 Å². The van der Waals surface area contributed by atoms with Crippen LogP contribution < -0.4 is 9.47 Å². The third-order valence-corrected chi connectivity index (χ3v) is 4.64. The topological polar surface area (TPSA) is 36.9 Å². The highest BCUT2D eigenvalue weighted by Gasteiger charge is 2.15. The summed E-state index contributed by atoms with van der Waals surface area (Å²) in [4.78, 5) is 0. The Bertz CT molecular complexity index is 733. The molecule has 1 heterocycles. The molecule has 0 unspecified atom stereocenters. The third kappa shape index (κ3) is 6.12. The first kappa shape index (κ1) is 19.5. The largest absolute Gasteiger partial charge is 0.496 e. The van der Waals surface area contributed by atoms with E-state index in [4.69, 9.17) is 18.9 Å². The second kappa shape index (κ2) is 10.1. The van der Waals surface area contributed by atoms with Gasteiger partial charge in [-0.1, -0.05) is 42.0 Å². The van der Waals surface area contributed by atoms with Crippen molar-refractivity contribution in [2.24, 2.45) is 0 Å². The van der Waals surface area contributed by atoms with Gasteiger partial charge in [0.2, 0.25) is 0 Å². The van der Waals surface area contributed by atoms with Gasteiger partial charge in [-0.25, -0.2) is 0 Å². The average Bonchev–Trinajstić information content (AvgIpc) is 3.23. The van der Waals surface area contributed by atoms with Crippen molar-refractivity contribution in [3.63, 3.8) is 0 Å². The molecule has 0 N–H and O–H groups in total. The molecular weight excluding hydrogens is 340 g/mol. The van der Waals surface area contributed by atoms with Gasteiger partial charge in [-0.3, -0.25) is 0 Å². The van der Waals surface area contributed by atoms with Gasteiger partial charge >= 0.3 is 0 Å². The van der Waals surface area contributed by atoms with Crippen molar-refractivity contribution in [1.82, 2.24) is 0 Å². The maximum absolute atomic E-state index is 5.94. The van der Waals surface area contributed by atoms with Gasteiger partial charge in [0, 0.05) is 12.0 Å². The summed E-state index contributed by atoms with van der Waals surface area (Å²) in [5.41, 5.74) is 3.60. The van der Waals surface area contributed by atoms with E-state index in [0.29, 0.717) is 19.8 Å². The second-order valence-electron chi connectivity index (χ2n) is 6.71. The van der Waals surface area contributed by atoms with E-state index in [1.165, 1.54) is 5.57 Å². The maximum atomic E-state index is 5.94. The van der Waals surface area contributed by atoms with Crippen LogP contribution in [0.25, 0.3) is 0 Å². The molecule has 1 saturated heterocycles. The zero-order valence-corrected chi connectivity index (χ0v) is 16.1. The van der Waals surface area contributed by atoms with Gasteiger partial charge in [0.1, 0.15) is 18.1 Å². The molecule has 0 aromatic heterocycles. The van der Waals surface area contributed by atoms with Crippen molar-refractivity contribution in [2.45, 2.75) is 39.1 Å². The Morgan fingerprint density at radius 3 is 2.63 bits per heavy atom. The molecule has 0 spiro atoms. The second-order valence-corrected chi connectivity index (χ2v) is 6.71. The molecule has 0 aliphatic carbocycles. The Labute approximate surface area is 161 Å². The molecule has 27 heavy (non-hydrogen) atoms. The van der Waals surface area contributed by atoms with E-state index in [0.717, 1.165) is 41.9 Å². The highest BCUT2D eigenvalue weighted by molar-refractivity contribution is 5.41. The van der Waals surface area contributed by atoms with Crippen LogP contribution in [0, 0.1) is 0 Å². The van der Waals surface area contributed by atoms with Gasteiger partial charge in [0.25, 0.3) is 0 Å². The van der Waals surface area contributed by atoms with Crippen LogP contribution >= 0.6 is 0 Å². The summed E-state index contributed by atoms with van der Waals surface area (Å²) in [6.07, 6.45) is 4.88. The molecule has 1 aliphatic heterocycles. The van der Waals surface area contributed by atoms with Crippen LogP contribution in [0.15, 0.2) is 60.2 Å². The SMILES string of the molecule is COc1ccc(OCc2ccccc2)cc1C/C=C(\C)CCC1OCCO1. The molecule has 0 amide bonds. The lowest BCUT2D eigenvalue weighted by Crippen LogP contribution is -2.07. The first-order valence-electron chi connectivity index (χ1n) is 9.47. The van der Waals surface area contributed by atoms with Crippen LogP contribution in [-0.2, 0) is 22.5 Å². The molecule has 0 radical (unpaired) electrons. The summed E-state index contributed by atoms with van der Waals surface area (Å²) in [5, 5.41) is 0. The smallest absolute Gasteiger partial charge is 0.158 e. The minimum absolute atomic E-state index is 0.0439. The Morgan fingerprint density at radius 2 is 1.89 bits per heavy atom. The van der Waals surface area contributed by atoms with E-state index in [1.54, 1.807) is 7.11 Å². The molecule has 2 aromatic carbocycles. The lowest BCUT2D eigenvalue weighted by molar-refractivity contribution is -0.0461. The predicted molar refractivity (Wildman–Crippen MR) is 106 cm³/mol. The highest BCUT2D eigenvalue weighted by atomic mass is 16.7. The molecule has 144 valence electrons. The lowest BCUT2D eigenvalue weighted by atomic mass is 10.1. The van der Waals surface area contributed by atoms with Crippen LogP contribution in [-0.4, -0.2) is 26.6 Å². The fraction of sp³-hybridized carbons (Fsp3) is 0.391. The molecule has 1 aliphatic rings. The number of hydrogen-bond donors (Lipinski definition) is 0. The van der Waals surface area contributed by atoms with E-state index in [2.05, 4.69) is 31.2 Å². The number of methoxy groups -OCH3 is 1. The first-order valence-corrected chi connectivity index (χ1v) is 9.47. The summed E-state index contributed by atoms with van der Waals surface area (Å²) in [6.45, 7) is 4.13. The summed E-state index contributed by atoms with van der Waals surface area (Å²) in [6, 6.07) is 16.2. The molecule has 4 nitrogen and oxygen atoms in total. The number of allylic oxidation sites excluding steroid dienone is 2. The zero-order chi connectivity index (χ0) is 18.9. The maximum Gasteiger partial charge on any atom is 0.158 e. The Morgan fingerprint density at radius 1 is 1.11 bits per heavy atom. The fourth-order valence-corrected chi connectivity index (χ4v) is 3.05. The minimum Gasteiger partial charge on any atom is -0.496 e. The number of ether oxygens (including phenoxy) is 4. The first-order chi connectivity index (χ1) is 13.2. The van der Waals surface area contributed by atoms with Crippen molar-refractivity contribution < 1.29 is 18.9 Å². The van der Waals surface area contributed by atoms with Crippen LogP contribution in [0.5, 0.6) is 11.5 Å². The molecular formula is C23H28O4. The van der Waals surface area contributed by atoms with Gasteiger partial charge in [0.15, 0.2) is 6.29 Å². The molecule has 3 rings (SSSR count). The quantitative estimate of drug-likeness (QED) is 0.589. The minimum atomic E-state index is -0.0439. The standard InChI is InChI=1S/C23H28O4/c1-18(9-13-23-25-14-15-26-23)8-10-20-16-21(11-12-22(20)24-2)27-17-19-6-4-3-5-7-19/h3-8,11-12,16,23H,9-10,13-15,17H2,1-2H3/b18-8+. The summed E-state index contributed by atoms with van der Waals surface area (Å²) >= 11 is 0. The molecule has 4 heteroatoms. The van der Waals surface area contributed by atoms with Crippen molar-refractivity contribution in [3.8, 4) is 11.5 Å². The molecule has 0 bridgehead atoms. The highest BCUT2D eigenvalue weighted by Crippen LogP contribution is 2.26. The molecule has 2 aromatic rings. The predicted octanol–water partition coefficient (Wildman–Crippen LogP) is 4.92. The van der Waals surface area contributed by atoms with Gasteiger partial charge < -0.3 is 18.9 Å². The van der Waals surface area contributed by atoms with E-state index in [1.807, 2.05) is 30.3 Å². The number of hydrogen-bond acceptors (Lipinski definition) is 4. The number of benzene rings is 2. The van der Waals surface area contributed by atoms with Crippen LogP contribution in [0.1, 0.15) is 30.9 Å². The van der Waals surface area contributed by atoms with E-state index in [9.17, 15) is 0 Å². The van der Waals surface area contributed by atoms with Gasteiger partial charge in [-0.05, 0) is 43.5 Å². The molecule has 0 saturated carbocycles. The monoisotopic (exact) mass is 368 g/mol. The van der Waals surface area contributed by atoms with E-state index >= 15 is 0 Å². The summed E-state index contributed by atoms with van der Waals surface area (Å²) in [5.74, 6) is 1.74. The molecule has 0 atom stereocenters. The molecule has 1 fully saturated rings. The summed E-state index contributed by atoms with van der Waals surface area (Å²) in [7, 11) is 1.70. The van der Waals surface area contributed by atoms with Crippen LogP contribution in [0.3, 0.4) is 0 Å². The Hall–Kier alpha value is -2.30. The lowest BCUT2D eigenvalue weighted by Gasteiger charge is -2.12. The van der Waals surface area contributed by atoms with Gasteiger partial charge in [0.05, 0.1) is 20.3 Å². The van der Waals surface area contributed by atoms with E-state index in [-0.39, 0.29) is 6.29 Å². The Kier molecular flexibility index (Phi) is 7.31. The van der Waals surface area contributed by atoms with Crippen molar-refractivity contribution >= 4 is 0 Å². The van der Waals surface area contributed by atoms with Crippen LogP contribution in [0.4, 0.5) is 0 Å². The Balaban J connectivity index is 1.58. The van der Waals surface area contributed by atoms with E-state index < -0.39 is 0 Å². The number of rotatable bonds is 9.